The molecule has 0 aliphatic heterocycles. The fraction of sp³-hybridized carbons (Fsp3) is 0.231. The van der Waals surface area contributed by atoms with Gasteiger partial charge < -0.3 is 6.15 Å². The molecule has 78 valence electrons. The molecule has 0 unspecified atom stereocenters. The molecule has 3 N–H and O–H groups in total. The van der Waals surface area contributed by atoms with Crippen molar-refractivity contribution in [2.75, 3.05) is 0 Å². The average Bonchev–Trinajstić information content (AvgIpc) is 2.13. The van der Waals surface area contributed by atoms with Crippen molar-refractivity contribution in [2.45, 2.75) is 20.8 Å². The molecule has 0 saturated heterocycles. The minimum atomic E-state index is 0. The third kappa shape index (κ3) is 4.63. The minimum absolute atomic E-state index is 0. The van der Waals surface area contributed by atoms with Crippen molar-refractivity contribution in [3.63, 3.8) is 0 Å². The Morgan fingerprint density at radius 1 is 0.929 bits per heavy atom. The second-order valence-electron chi connectivity index (χ2n) is 2.87. The Balaban J connectivity index is 0. The maximum Gasteiger partial charge on any atom is -0.0202 e. The first-order valence-corrected chi connectivity index (χ1v) is 4.43. The van der Waals surface area contributed by atoms with Gasteiger partial charge in [-0.25, -0.2) is 0 Å². The van der Waals surface area contributed by atoms with Crippen molar-refractivity contribution in [1.29, 1.82) is 0 Å². The highest BCUT2D eigenvalue weighted by atomic mass is 14.0. The maximum atomic E-state index is 3.70. The quantitative estimate of drug-likeness (QED) is 0.658. The fourth-order valence-corrected chi connectivity index (χ4v) is 1.11. The van der Waals surface area contributed by atoms with Crippen molar-refractivity contribution in [3.05, 3.63) is 60.3 Å². The van der Waals surface area contributed by atoms with E-state index in [0.29, 0.717) is 0 Å². The molecule has 0 spiro atoms. The Morgan fingerprint density at radius 2 is 1.43 bits per heavy atom. The van der Waals surface area contributed by atoms with Gasteiger partial charge in [-0.1, -0.05) is 43.5 Å². The monoisotopic (exact) mass is 191 g/mol. The van der Waals surface area contributed by atoms with Gasteiger partial charge in [0.2, 0.25) is 0 Å². The van der Waals surface area contributed by atoms with Gasteiger partial charge in [0.05, 0.1) is 0 Å². The Labute approximate surface area is 87.8 Å². The molecule has 14 heavy (non-hydrogen) atoms. The van der Waals surface area contributed by atoms with Crippen LogP contribution in [0.2, 0.25) is 0 Å². The number of allylic oxidation sites excluding steroid dienone is 8. The van der Waals surface area contributed by atoms with Crippen LogP contribution in [0.25, 0.3) is 0 Å². The fourth-order valence-electron chi connectivity index (χ4n) is 1.11. The highest BCUT2D eigenvalue weighted by Crippen LogP contribution is 2.18. The second-order valence-corrected chi connectivity index (χ2v) is 2.87. The molecule has 0 aromatic carbocycles. The summed E-state index contributed by atoms with van der Waals surface area (Å²) in [7, 11) is 0. The molecule has 0 saturated carbocycles. The third-order valence-electron chi connectivity index (χ3n) is 1.94. The van der Waals surface area contributed by atoms with Crippen LogP contribution in [0.5, 0.6) is 0 Å². The van der Waals surface area contributed by atoms with E-state index in [1.165, 1.54) is 16.7 Å². The van der Waals surface area contributed by atoms with Gasteiger partial charge >= 0.3 is 0 Å². The molecular weight excluding hydrogens is 170 g/mol. The van der Waals surface area contributed by atoms with E-state index >= 15 is 0 Å². The molecule has 0 aliphatic carbocycles. The van der Waals surface area contributed by atoms with Gasteiger partial charge in [0.15, 0.2) is 0 Å². The lowest BCUT2D eigenvalue weighted by Gasteiger charge is -2.06. The van der Waals surface area contributed by atoms with Crippen LogP contribution in [0.4, 0.5) is 0 Å². The topological polar surface area (TPSA) is 35.0 Å². The molecule has 1 heteroatoms. The molecule has 0 aliphatic rings. The molecule has 0 aromatic rings. The highest BCUT2D eigenvalue weighted by molar-refractivity contribution is 5.47. The second kappa shape index (κ2) is 8.27. The van der Waals surface area contributed by atoms with Gasteiger partial charge in [-0.15, -0.1) is 0 Å². The van der Waals surface area contributed by atoms with Crippen LogP contribution in [-0.2, 0) is 0 Å². The Bertz CT molecular complexity index is 278. The van der Waals surface area contributed by atoms with Gasteiger partial charge in [-0.3, -0.25) is 0 Å². The van der Waals surface area contributed by atoms with E-state index in [1.54, 1.807) is 6.08 Å². The minimum Gasteiger partial charge on any atom is -0.344 e. The van der Waals surface area contributed by atoms with Gasteiger partial charge in [0.25, 0.3) is 0 Å². The molecule has 0 bridgehead atoms. The summed E-state index contributed by atoms with van der Waals surface area (Å²) in [6.07, 6.45) is 9.72. The summed E-state index contributed by atoms with van der Waals surface area (Å²) in [5, 5.41) is 0. The zero-order valence-electron chi connectivity index (χ0n) is 9.51. The Kier molecular flexibility index (Phi) is 8.94. The van der Waals surface area contributed by atoms with Crippen molar-refractivity contribution >= 4 is 0 Å². The van der Waals surface area contributed by atoms with E-state index in [4.69, 9.17) is 0 Å². The predicted octanol–water partition coefficient (Wildman–Crippen LogP) is 4.36. The highest BCUT2D eigenvalue weighted by Gasteiger charge is 1.99. The smallest absolute Gasteiger partial charge is 0.0202 e. The summed E-state index contributed by atoms with van der Waals surface area (Å²) in [4.78, 5) is 0. The van der Waals surface area contributed by atoms with E-state index in [9.17, 15) is 0 Å². The lowest BCUT2D eigenvalue weighted by Crippen LogP contribution is -1.87. The standard InChI is InChI=1S/C13H18.H3N/c1-6-9-12(5)13(10-7-2)11(4)8-3;/h6-10H,1-2H2,3-5H3;1H3/b11-8-,12-9-,13-10-;. The van der Waals surface area contributed by atoms with E-state index in [1.807, 2.05) is 25.2 Å². The van der Waals surface area contributed by atoms with Crippen molar-refractivity contribution in [1.82, 2.24) is 6.15 Å². The first-order chi connectivity index (χ1) is 6.17. The van der Waals surface area contributed by atoms with Gasteiger partial charge in [-0.05, 0) is 37.5 Å². The van der Waals surface area contributed by atoms with Crippen LogP contribution in [0.3, 0.4) is 0 Å². The average molecular weight is 191 g/mol. The third-order valence-corrected chi connectivity index (χ3v) is 1.94. The van der Waals surface area contributed by atoms with E-state index < -0.39 is 0 Å². The van der Waals surface area contributed by atoms with E-state index in [0.717, 1.165) is 0 Å². The summed E-state index contributed by atoms with van der Waals surface area (Å²) in [6.45, 7) is 13.6. The Hall–Kier alpha value is -1.34. The maximum absolute atomic E-state index is 3.70. The van der Waals surface area contributed by atoms with Gasteiger partial charge in [0, 0.05) is 0 Å². The molecule has 0 atom stereocenters. The number of rotatable bonds is 4. The number of hydrogen-bond acceptors (Lipinski definition) is 1. The van der Waals surface area contributed by atoms with Crippen LogP contribution in [0.15, 0.2) is 60.3 Å². The van der Waals surface area contributed by atoms with Crippen LogP contribution in [0.1, 0.15) is 20.8 Å². The van der Waals surface area contributed by atoms with Crippen molar-refractivity contribution in [2.24, 2.45) is 0 Å². The SMILES string of the molecule is C=C\C=C(C)/C(=C\C=C)C(/C)=C\C.N. The normalized spacial score (nSPS) is 13.2. The Morgan fingerprint density at radius 3 is 1.79 bits per heavy atom. The van der Waals surface area contributed by atoms with E-state index in [2.05, 4.69) is 33.1 Å². The molecule has 0 radical (unpaired) electrons. The van der Waals surface area contributed by atoms with Crippen molar-refractivity contribution < 1.29 is 0 Å². The summed E-state index contributed by atoms with van der Waals surface area (Å²) in [5.41, 5.74) is 3.69. The molecule has 0 amide bonds. The molecule has 0 rings (SSSR count). The van der Waals surface area contributed by atoms with Crippen LogP contribution in [-0.4, -0.2) is 0 Å². The summed E-state index contributed by atoms with van der Waals surface area (Å²) in [6, 6.07) is 0. The van der Waals surface area contributed by atoms with E-state index in [-0.39, 0.29) is 6.15 Å². The first kappa shape index (κ1) is 15.1. The summed E-state index contributed by atoms with van der Waals surface area (Å²) in [5.74, 6) is 0. The molecular formula is C13H21N. The molecule has 1 nitrogen and oxygen atoms in total. The molecule has 0 aromatic heterocycles. The zero-order valence-corrected chi connectivity index (χ0v) is 9.51. The lowest BCUT2D eigenvalue weighted by molar-refractivity contribution is 1.31. The largest absolute Gasteiger partial charge is 0.344 e. The lowest BCUT2D eigenvalue weighted by atomic mass is 9.99. The summed E-state index contributed by atoms with van der Waals surface area (Å²) < 4.78 is 0. The summed E-state index contributed by atoms with van der Waals surface area (Å²) >= 11 is 0. The van der Waals surface area contributed by atoms with Crippen LogP contribution >= 0.6 is 0 Å². The van der Waals surface area contributed by atoms with Gasteiger partial charge in [0.1, 0.15) is 0 Å². The molecule has 0 heterocycles. The predicted molar refractivity (Wildman–Crippen MR) is 66.7 cm³/mol. The molecule has 0 fully saturated rings. The number of hydrogen-bond donors (Lipinski definition) is 1. The van der Waals surface area contributed by atoms with Crippen molar-refractivity contribution in [3.8, 4) is 0 Å². The van der Waals surface area contributed by atoms with Crippen LogP contribution < -0.4 is 6.15 Å². The van der Waals surface area contributed by atoms with Gasteiger partial charge in [-0.2, -0.15) is 0 Å². The first-order valence-electron chi connectivity index (χ1n) is 4.43. The van der Waals surface area contributed by atoms with Crippen LogP contribution in [0, 0.1) is 0 Å². The zero-order chi connectivity index (χ0) is 10.3.